The van der Waals surface area contributed by atoms with Crippen molar-refractivity contribution < 1.29 is 9.59 Å². The van der Waals surface area contributed by atoms with Crippen molar-refractivity contribution in [3.63, 3.8) is 0 Å². The summed E-state index contributed by atoms with van der Waals surface area (Å²) in [7, 11) is 0. The van der Waals surface area contributed by atoms with E-state index in [-0.39, 0.29) is 17.9 Å². The number of carbonyl (C=O) groups is 2. The van der Waals surface area contributed by atoms with Crippen molar-refractivity contribution in [3.8, 4) is 0 Å². The lowest BCUT2D eigenvalue weighted by Gasteiger charge is -2.35. The standard InChI is InChI=1S/C9H15BrN2O2/c1-7(2)12-6-5-11(4-3-10)8(13)9(12)14/h7H,3-6H2,1-2H3. The van der Waals surface area contributed by atoms with Gasteiger partial charge in [-0.05, 0) is 13.8 Å². The fourth-order valence-electron chi connectivity index (χ4n) is 1.50. The minimum absolute atomic E-state index is 0.109. The summed E-state index contributed by atoms with van der Waals surface area (Å²) in [4.78, 5) is 26.3. The Morgan fingerprint density at radius 2 is 1.93 bits per heavy atom. The van der Waals surface area contributed by atoms with Crippen LogP contribution in [-0.2, 0) is 9.59 Å². The average Bonchev–Trinajstić information content (AvgIpc) is 2.13. The van der Waals surface area contributed by atoms with E-state index in [1.54, 1.807) is 9.80 Å². The van der Waals surface area contributed by atoms with Crippen LogP contribution >= 0.6 is 15.9 Å². The fourth-order valence-corrected chi connectivity index (χ4v) is 1.93. The molecule has 0 aromatic heterocycles. The maximum atomic E-state index is 11.6. The van der Waals surface area contributed by atoms with E-state index >= 15 is 0 Å². The topological polar surface area (TPSA) is 40.6 Å². The van der Waals surface area contributed by atoms with E-state index in [0.717, 1.165) is 0 Å². The predicted molar refractivity (Wildman–Crippen MR) is 57.2 cm³/mol. The highest BCUT2D eigenvalue weighted by Gasteiger charge is 2.32. The summed E-state index contributed by atoms with van der Waals surface area (Å²) in [5, 5.41) is 0.716. The number of piperazine rings is 1. The van der Waals surface area contributed by atoms with Gasteiger partial charge in [0.25, 0.3) is 0 Å². The van der Waals surface area contributed by atoms with Gasteiger partial charge in [0.1, 0.15) is 0 Å². The number of nitrogens with zero attached hydrogens (tertiary/aromatic N) is 2. The third-order valence-corrected chi connectivity index (χ3v) is 2.67. The Balaban J connectivity index is 2.65. The first-order valence-corrected chi connectivity index (χ1v) is 5.86. The molecule has 1 heterocycles. The molecular weight excluding hydrogens is 248 g/mol. The Labute approximate surface area is 92.4 Å². The molecule has 0 spiro atoms. The number of amides is 2. The van der Waals surface area contributed by atoms with Crippen molar-refractivity contribution in [2.75, 3.05) is 25.0 Å². The normalized spacial score (nSPS) is 18.3. The van der Waals surface area contributed by atoms with E-state index in [2.05, 4.69) is 15.9 Å². The van der Waals surface area contributed by atoms with Crippen molar-refractivity contribution in [2.45, 2.75) is 19.9 Å². The maximum absolute atomic E-state index is 11.6. The first kappa shape index (κ1) is 11.5. The van der Waals surface area contributed by atoms with Gasteiger partial charge in [0.05, 0.1) is 0 Å². The van der Waals surface area contributed by atoms with Crippen LogP contribution in [0.1, 0.15) is 13.8 Å². The summed E-state index contributed by atoms with van der Waals surface area (Å²) in [6.07, 6.45) is 0. The summed E-state index contributed by atoms with van der Waals surface area (Å²) in [6.45, 7) is 5.75. The molecule has 0 aliphatic carbocycles. The number of hydrogen-bond donors (Lipinski definition) is 0. The highest BCUT2D eigenvalue weighted by Crippen LogP contribution is 2.08. The monoisotopic (exact) mass is 262 g/mol. The maximum Gasteiger partial charge on any atom is 0.312 e. The van der Waals surface area contributed by atoms with Gasteiger partial charge in [-0.15, -0.1) is 0 Å². The average molecular weight is 263 g/mol. The van der Waals surface area contributed by atoms with E-state index < -0.39 is 0 Å². The third kappa shape index (κ3) is 2.26. The zero-order valence-corrected chi connectivity index (χ0v) is 10.1. The van der Waals surface area contributed by atoms with Crippen LogP contribution in [0.4, 0.5) is 0 Å². The molecule has 4 nitrogen and oxygen atoms in total. The molecule has 14 heavy (non-hydrogen) atoms. The zero-order chi connectivity index (χ0) is 10.7. The Morgan fingerprint density at radius 3 is 2.43 bits per heavy atom. The van der Waals surface area contributed by atoms with Gasteiger partial charge in [-0.25, -0.2) is 0 Å². The second kappa shape index (κ2) is 4.77. The first-order valence-electron chi connectivity index (χ1n) is 4.73. The van der Waals surface area contributed by atoms with Gasteiger partial charge < -0.3 is 9.80 Å². The van der Waals surface area contributed by atoms with Crippen LogP contribution in [0.15, 0.2) is 0 Å². The van der Waals surface area contributed by atoms with Crippen molar-refractivity contribution in [2.24, 2.45) is 0 Å². The first-order chi connectivity index (χ1) is 6.57. The molecule has 1 aliphatic rings. The second-order valence-corrected chi connectivity index (χ2v) is 4.37. The van der Waals surface area contributed by atoms with Crippen molar-refractivity contribution >= 4 is 27.7 Å². The zero-order valence-electron chi connectivity index (χ0n) is 8.49. The second-order valence-electron chi connectivity index (χ2n) is 3.57. The number of alkyl halides is 1. The SMILES string of the molecule is CC(C)N1CCN(CCBr)C(=O)C1=O. The van der Waals surface area contributed by atoms with Gasteiger partial charge in [-0.3, -0.25) is 9.59 Å². The number of rotatable bonds is 3. The number of halogens is 1. The number of hydrogen-bond acceptors (Lipinski definition) is 2. The molecule has 0 saturated carbocycles. The molecule has 1 aliphatic heterocycles. The predicted octanol–water partition coefficient (Wildman–Crippen LogP) is 0.461. The summed E-state index contributed by atoms with van der Waals surface area (Å²) in [5.74, 6) is -0.739. The summed E-state index contributed by atoms with van der Waals surface area (Å²) in [5.41, 5.74) is 0. The van der Waals surface area contributed by atoms with E-state index in [1.807, 2.05) is 13.8 Å². The molecule has 0 atom stereocenters. The van der Waals surface area contributed by atoms with Gasteiger partial charge in [-0.1, -0.05) is 15.9 Å². The Kier molecular flexibility index (Phi) is 3.92. The van der Waals surface area contributed by atoms with Crippen LogP contribution in [0.3, 0.4) is 0 Å². The molecule has 0 aromatic rings. The lowest BCUT2D eigenvalue weighted by molar-refractivity contribution is -0.157. The fraction of sp³-hybridized carbons (Fsp3) is 0.778. The minimum Gasteiger partial charge on any atom is -0.332 e. The summed E-state index contributed by atoms with van der Waals surface area (Å²) < 4.78 is 0. The van der Waals surface area contributed by atoms with Crippen LogP contribution < -0.4 is 0 Å². The van der Waals surface area contributed by atoms with E-state index in [9.17, 15) is 9.59 Å². The molecular formula is C9H15BrN2O2. The minimum atomic E-state index is -0.371. The van der Waals surface area contributed by atoms with Gasteiger partial charge in [0.15, 0.2) is 0 Å². The smallest absolute Gasteiger partial charge is 0.312 e. The van der Waals surface area contributed by atoms with E-state index in [1.165, 1.54) is 0 Å². The van der Waals surface area contributed by atoms with Crippen LogP contribution in [-0.4, -0.2) is 52.6 Å². The molecule has 2 amide bonds. The van der Waals surface area contributed by atoms with Gasteiger partial charge in [0, 0.05) is 31.0 Å². The summed E-state index contributed by atoms with van der Waals surface area (Å²) in [6, 6.07) is 0.109. The molecule has 0 unspecified atom stereocenters. The van der Waals surface area contributed by atoms with Gasteiger partial charge >= 0.3 is 11.8 Å². The van der Waals surface area contributed by atoms with Crippen LogP contribution in [0.25, 0.3) is 0 Å². The summed E-state index contributed by atoms with van der Waals surface area (Å²) >= 11 is 3.26. The largest absolute Gasteiger partial charge is 0.332 e. The van der Waals surface area contributed by atoms with Crippen molar-refractivity contribution in [3.05, 3.63) is 0 Å². The molecule has 0 radical (unpaired) electrons. The van der Waals surface area contributed by atoms with Gasteiger partial charge in [0.2, 0.25) is 0 Å². The Hall–Kier alpha value is -0.580. The van der Waals surface area contributed by atoms with Crippen LogP contribution in [0, 0.1) is 0 Å². The van der Waals surface area contributed by atoms with Crippen LogP contribution in [0.2, 0.25) is 0 Å². The highest BCUT2D eigenvalue weighted by atomic mass is 79.9. The molecule has 1 rings (SSSR count). The van der Waals surface area contributed by atoms with Gasteiger partial charge in [-0.2, -0.15) is 0 Å². The molecule has 80 valence electrons. The quantitative estimate of drug-likeness (QED) is 0.548. The van der Waals surface area contributed by atoms with Crippen LogP contribution in [0.5, 0.6) is 0 Å². The molecule has 1 saturated heterocycles. The van der Waals surface area contributed by atoms with Crippen molar-refractivity contribution in [1.82, 2.24) is 9.80 Å². The Morgan fingerprint density at radius 1 is 1.29 bits per heavy atom. The lowest BCUT2D eigenvalue weighted by atomic mass is 10.2. The van der Waals surface area contributed by atoms with E-state index in [0.29, 0.717) is 25.0 Å². The van der Waals surface area contributed by atoms with E-state index in [4.69, 9.17) is 0 Å². The van der Waals surface area contributed by atoms with Crippen molar-refractivity contribution in [1.29, 1.82) is 0 Å². The number of carbonyl (C=O) groups excluding carboxylic acids is 2. The molecule has 0 aromatic carbocycles. The molecule has 1 fully saturated rings. The molecule has 5 heteroatoms. The molecule has 0 N–H and O–H groups in total. The Bertz CT molecular complexity index is 243. The molecule has 0 bridgehead atoms. The lowest BCUT2D eigenvalue weighted by Crippen LogP contribution is -2.56. The third-order valence-electron chi connectivity index (χ3n) is 2.32. The highest BCUT2D eigenvalue weighted by molar-refractivity contribution is 9.09.